The molecule has 0 bridgehead atoms. The molecule has 0 spiro atoms. The van der Waals surface area contributed by atoms with E-state index in [1.807, 2.05) is 12.1 Å². The van der Waals surface area contributed by atoms with E-state index in [9.17, 15) is 5.11 Å². The number of phenolic OH excluding ortho intramolecular Hbond substituents is 1. The SMILES string of the molecule is Cc1ccc(O)c2c1C(C)CC2NCCN(C)C. The molecule has 0 amide bonds. The van der Waals surface area contributed by atoms with Crippen molar-refractivity contribution in [2.75, 3.05) is 27.2 Å². The maximum Gasteiger partial charge on any atom is 0.120 e. The third-order valence-corrected chi connectivity index (χ3v) is 3.86. The fraction of sp³-hybridized carbons (Fsp3) is 0.600. The van der Waals surface area contributed by atoms with Crippen LogP contribution in [0.15, 0.2) is 12.1 Å². The summed E-state index contributed by atoms with van der Waals surface area (Å²) in [5.74, 6) is 0.978. The van der Waals surface area contributed by atoms with E-state index in [2.05, 4.69) is 38.2 Å². The average molecular weight is 248 g/mol. The van der Waals surface area contributed by atoms with Crippen molar-refractivity contribution in [3.8, 4) is 5.75 Å². The first-order chi connectivity index (χ1) is 8.50. The summed E-state index contributed by atoms with van der Waals surface area (Å²) in [5.41, 5.74) is 3.77. The molecule has 100 valence electrons. The van der Waals surface area contributed by atoms with Crippen LogP contribution in [0.2, 0.25) is 0 Å². The Morgan fingerprint density at radius 2 is 2.06 bits per heavy atom. The number of aromatic hydroxyl groups is 1. The highest BCUT2D eigenvalue weighted by Crippen LogP contribution is 2.45. The number of hydrogen-bond donors (Lipinski definition) is 2. The standard InChI is InChI=1S/C15H24N2O/c1-10-5-6-13(18)15-12(9-11(2)14(10)15)16-7-8-17(3)4/h5-6,11-12,16,18H,7-9H2,1-4H3. The first-order valence-electron chi connectivity index (χ1n) is 6.71. The van der Waals surface area contributed by atoms with Crippen molar-refractivity contribution < 1.29 is 5.11 Å². The minimum Gasteiger partial charge on any atom is -0.508 e. The van der Waals surface area contributed by atoms with Crippen LogP contribution in [0, 0.1) is 6.92 Å². The van der Waals surface area contributed by atoms with Crippen molar-refractivity contribution in [1.82, 2.24) is 10.2 Å². The van der Waals surface area contributed by atoms with Gasteiger partial charge in [0, 0.05) is 24.7 Å². The first kappa shape index (κ1) is 13.4. The van der Waals surface area contributed by atoms with Crippen molar-refractivity contribution >= 4 is 0 Å². The van der Waals surface area contributed by atoms with E-state index in [1.165, 1.54) is 11.1 Å². The summed E-state index contributed by atoms with van der Waals surface area (Å²) in [6.07, 6.45) is 1.08. The third kappa shape index (κ3) is 2.52. The van der Waals surface area contributed by atoms with Gasteiger partial charge in [0.15, 0.2) is 0 Å². The monoisotopic (exact) mass is 248 g/mol. The highest BCUT2D eigenvalue weighted by molar-refractivity contribution is 5.50. The van der Waals surface area contributed by atoms with E-state index in [0.717, 1.165) is 25.1 Å². The van der Waals surface area contributed by atoms with Gasteiger partial charge in [-0.05, 0) is 50.6 Å². The normalized spacial score (nSPS) is 22.5. The van der Waals surface area contributed by atoms with E-state index in [1.54, 1.807) is 0 Å². The molecule has 0 saturated carbocycles. The molecule has 2 atom stereocenters. The van der Waals surface area contributed by atoms with Crippen LogP contribution >= 0.6 is 0 Å². The molecule has 3 heteroatoms. The van der Waals surface area contributed by atoms with Gasteiger partial charge in [0.2, 0.25) is 0 Å². The number of phenols is 1. The van der Waals surface area contributed by atoms with Crippen LogP contribution in [0.1, 0.15) is 42.0 Å². The summed E-state index contributed by atoms with van der Waals surface area (Å²) in [7, 11) is 4.16. The summed E-state index contributed by atoms with van der Waals surface area (Å²) >= 11 is 0. The summed E-state index contributed by atoms with van der Waals surface area (Å²) in [5, 5.41) is 13.7. The van der Waals surface area contributed by atoms with Crippen molar-refractivity contribution in [3.63, 3.8) is 0 Å². The Balaban J connectivity index is 2.16. The summed E-state index contributed by atoms with van der Waals surface area (Å²) in [6.45, 7) is 6.36. The minimum atomic E-state index is 0.301. The second-order valence-corrected chi connectivity index (χ2v) is 5.68. The molecule has 2 N–H and O–H groups in total. The summed E-state index contributed by atoms with van der Waals surface area (Å²) < 4.78 is 0. The smallest absolute Gasteiger partial charge is 0.120 e. The molecule has 0 aliphatic heterocycles. The van der Waals surface area contributed by atoms with E-state index >= 15 is 0 Å². The van der Waals surface area contributed by atoms with Gasteiger partial charge in [-0.2, -0.15) is 0 Å². The van der Waals surface area contributed by atoms with Crippen LogP contribution < -0.4 is 5.32 Å². The molecule has 0 saturated heterocycles. The first-order valence-corrected chi connectivity index (χ1v) is 6.71. The van der Waals surface area contributed by atoms with Crippen LogP contribution in [0.25, 0.3) is 0 Å². The largest absolute Gasteiger partial charge is 0.508 e. The molecular weight excluding hydrogens is 224 g/mol. The van der Waals surface area contributed by atoms with Gasteiger partial charge in [0.25, 0.3) is 0 Å². The van der Waals surface area contributed by atoms with Crippen LogP contribution in [-0.4, -0.2) is 37.2 Å². The molecule has 0 heterocycles. The lowest BCUT2D eigenvalue weighted by atomic mass is 9.97. The highest BCUT2D eigenvalue weighted by Gasteiger charge is 2.31. The lowest BCUT2D eigenvalue weighted by Gasteiger charge is -2.17. The average Bonchev–Trinajstić information content (AvgIpc) is 2.62. The molecule has 0 radical (unpaired) electrons. The second kappa shape index (κ2) is 5.29. The molecule has 0 fully saturated rings. The Bertz CT molecular complexity index is 429. The number of nitrogens with zero attached hydrogens (tertiary/aromatic N) is 1. The molecule has 0 aromatic heterocycles. The van der Waals surface area contributed by atoms with Crippen LogP contribution in [-0.2, 0) is 0 Å². The van der Waals surface area contributed by atoms with Crippen molar-refractivity contribution in [2.45, 2.75) is 32.2 Å². The quantitative estimate of drug-likeness (QED) is 0.859. The molecule has 1 aromatic carbocycles. The van der Waals surface area contributed by atoms with Gasteiger partial charge in [0.05, 0.1) is 0 Å². The van der Waals surface area contributed by atoms with Crippen LogP contribution in [0.5, 0.6) is 5.75 Å². The molecule has 1 aliphatic carbocycles. The van der Waals surface area contributed by atoms with Crippen LogP contribution in [0.3, 0.4) is 0 Å². The van der Waals surface area contributed by atoms with Gasteiger partial charge in [-0.15, -0.1) is 0 Å². The van der Waals surface area contributed by atoms with E-state index in [4.69, 9.17) is 0 Å². The van der Waals surface area contributed by atoms with Gasteiger partial charge >= 0.3 is 0 Å². The zero-order valence-electron chi connectivity index (χ0n) is 11.8. The van der Waals surface area contributed by atoms with Crippen LogP contribution in [0.4, 0.5) is 0 Å². The van der Waals surface area contributed by atoms with Gasteiger partial charge in [-0.25, -0.2) is 0 Å². The second-order valence-electron chi connectivity index (χ2n) is 5.68. The zero-order valence-corrected chi connectivity index (χ0v) is 11.8. The summed E-state index contributed by atoms with van der Waals surface area (Å²) in [4.78, 5) is 2.17. The topological polar surface area (TPSA) is 35.5 Å². The van der Waals surface area contributed by atoms with Gasteiger partial charge < -0.3 is 15.3 Å². The molecule has 18 heavy (non-hydrogen) atoms. The predicted octanol–water partition coefficient (Wildman–Crippen LogP) is 2.40. The Hall–Kier alpha value is -1.06. The van der Waals surface area contributed by atoms with Gasteiger partial charge in [-0.3, -0.25) is 0 Å². The number of benzene rings is 1. The van der Waals surface area contributed by atoms with E-state index in [0.29, 0.717) is 17.7 Å². The molecule has 1 aromatic rings. The lowest BCUT2D eigenvalue weighted by molar-refractivity contribution is 0.377. The zero-order chi connectivity index (χ0) is 13.3. The highest BCUT2D eigenvalue weighted by atomic mass is 16.3. The number of nitrogens with one attached hydrogen (secondary N) is 1. The molecular formula is C15H24N2O. The van der Waals surface area contributed by atoms with Gasteiger partial charge in [0.1, 0.15) is 5.75 Å². The Morgan fingerprint density at radius 1 is 1.33 bits per heavy atom. The summed E-state index contributed by atoms with van der Waals surface area (Å²) in [6, 6.07) is 4.15. The number of hydrogen-bond acceptors (Lipinski definition) is 3. The predicted molar refractivity (Wildman–Crippen MR) is 75.2 cm³/mol. The fourth-order valence-electron chi connectivity index (χ4n) is 2.99. The number of aryl methyl sites for hydroxylation is 1. The van der Waals surface area contributed by atoms with Crippen molar-refractivity contribution in [2.24, 2.45) is 0 Å². The fourth-order valence-corrected chi connectivity index (χ4v) is 2.99. The number of fused-ring (bicyclic) bond motifs is 1. The lowest BCUT2D eigenvalue weighted by Crippen LogP contribution is -2.29. The van der Waals surface area contributed by atoms with E-state index < -0.39 is 0 Å². The maximum absolute atomic E-state index is 10.1. The van der Waals surface area contributed by atoms with Gasteiger partial charge in [-0.1, -0.05) is 13.0 Å². The maximum atomic E-state index is 10.1. The molecule has 3 nitrogen and oxygen atoms in total. The van der Waals surface area contributed by atoms with Crippen molar-refractivity contribution in [1.29, 1.82) is 0 Å². The molecule has 1 aliphatic rings. The number of rotatable bonds is 4. The Kier molecular flexibility index (Phi) is 3.93. The Morgan fingerprint density at radius 3 is 2.72 bits per heavy atom. The minimum absolute atomic E-state index is 0.301. The van der Waals surface area contributed by atoms with E-state index in [-0.39, 0.29) is 0 Å². The van der Waals surface area contributed by atoms with Crippen molar-refractivity contribution in [3.05, 3.63) is 28.8 Å². The Labute approximate surface area is 110 Å². The third-order valence-electron chi connectivity index (χ3n) is 3.86. The molecule has 2 rings (SSSR count). The molecule has 2 unspecified atom stereocenters. The number of likely N-dealkylation sites (N-methyl/N-ethyl adjacent to an activating group) is 1.